The van der Waals surface area contributed by atoms with Crippen molar-refractivity contribution in [2.75, 3.05) is 33.8 Å². The number of methoxy groups -OCH3 is 1. The highest BCUT2D eigenvalue weighted by Gasteiger charge is 2.24. The van der Waals surface area contributed by atoms with Gasteiger partial charge in [-0.2, -0.15) is 5.10 Å². The van der Waals surface area contributed by atoms with Crippen LogP contribution in [0.2, 0.25) is 0 Å². The van der Waals surface area contributed by atoms with Crippen molar-refractivity contribution in [1.82, 2.24) is 25.3 Å². The predicted molar refractivity (Wildman–Crippen MR) is 128 cm³/mol. The lowest BCUT2D eigenvalue weighted by molar-refractivity contribution is 0.245. The van der Waals surface area contributed by atoms with Gasteiger partial charge in [0.25, 0.3) is 0 Å². The lowest BCUT2D eigenvalue weighted by Gasteiger charge is -2.29. The van der Waals surface area contributed by atoms with Crippen LogP contribution < -0.4 is 15.4 Å². The largest absolute Gasteiger partial charge is 0.497 e. The molecule has 1 saturated heterocycles. The van der Waals surface area contributed by atoms with Gasteiger partial charge in [0.1, 0.15) is 5.75 Å². The molecule has 7 heteroatoms. The van der Waals surface area contributed by atoms with Gasteiger partial charge in [0.2, 0.25) is 0 Å². The SMILES string of the molecule is CN=C(NCc1cnn(-c2ccccc2)c1)NCC(c1cccc(OC)c1)N1CCCC1. The minimum Gasteiger partial charge on any atom is -0.497 e. The summed E-state index contributed by atoms with van der Waals surface area (Å²) in [6.07, 6.45) is 6.42. The van der Waals surface area contributed by atoms with Crippen molar-refractivity contribution in [3.8, 4) is 11.4 Å². The number of para-hydroxylation sites is 1. The predicted octanol–water partition coefficient (Wildman–Crippen LogP) is 3.38. The second-order valence-corrected chi connectivity index (χ2v) is 7.97. The van der Waals surface area contributed by atoms with Crippen molar-refractivity contribution < 1.29 is 4.74 Å². The third-order valence-electron chi connectivity index (χ3n) is 5.86. The van der Waals surface area contributed by atoms with Crippen LogP contribution >= 0.6 is 0 Å². The molecular formula is C25H32N6O. The zero-order valence-corrected chi connectivity index (χ0v) is 18.9. The van der Waals surface area contributed by atoms with Crippen LogP contribution in [-0.2, 0) is 6.54 Å². The maximum Gasteiger partial charge on any atom is 0.191 e. The molecule has 32 heavy (non-hydrogen) atoms. The molecule has 0 saturated carbocycles. The quantitative estimate of drug-likeness (QED) is 0.422. The summed E-state index contributed by atoms with van der Waals surface area (Å²) >= 11 is 0. The fourth-order valence-electron chi connectivity index (χ4n) is 4.13. The summed E-state index contributed by atoms with van der Waals surface area (Å²) in [5.74, 6) is 1.68. The Morgan fingerprint density at radius 1 is 1.09 bits per heavy atom. The third-order valence-corrected chi connectivity index (χ3v) is 5.86. The van der Waals surface area contributed by atoms with Crippen molar-refractivity contribution >= 4 is 5.96 Å². The fourth-order valence-corrected chi connectivity index (χ4v) is 4.13. The Labute approximate surface area is 190 Å². The van der Waals surface area contributed by atoms with Gasteiger partial charge in [0.15, 0.2) is 5.96 Å². The molecule has 1 fully saturated rings. The maximum atomic E-state index is 5.45. The second kappa shape index (κ2) is 10.8. The first-order chi connectivity index (χ1) is 15.8. The van der Waals surface area contributed by atoms with Gasteiger partial charge in [-0.1, -0.05) is 30.3 Å². The molecule has 0 radical (unpaired) electrons. The number of hydrogen-bond acceptors (Lipinski definition) is 4. The average molecular weight is 433 g/mol. The molecule has 4 rings (SSSR count). The summed E-state index contributed by atoms with van der Waals surface area (Å²) in [5, 5.41) is 11.4. The zero-order valence-electron chi connectivity index (χ0n) is 18.9. The van der Waals surface area contributed by atoms with Crippen molar-refractivity contribution in [3.63, 3.8) is 0 Å². The minimum absolute atomic E-state index is 0.270. The van der Waals surface area contributed by atoms with Crippen LogP contribution in [0.25, 0.3) is 5.69 Å². The highest BCUT2D eigenvalue weighted by Crippen LogP contribution is 2.27. The molecule has 2 heterocycles. The Bertz CT molecular complexity index is 1010. The topological polar surface area (TPSA) is 66.7 Å². The minimum atomic E-state index is 0.270. The zero-order chi connectivity index (χ0) is 22.2. The number of aliphatic imine (C=N–C) groups is 1. The van der Waals surface area contributed by atoms with E-state index in [1.165, 1.54) is 18.4 Å². The van der Waals surface area contributed by atoms with E-state index in [0.29, 0.717) is 6.54 Å². The normalized spacial score (nSPS) is 15.5. The molecule has 1 aromatic heterocycles. The van der Waals surface area contributed by atoms with Crippen LogP contribution in [-0.4, -0.2) is 54.4 Å². The van der Waals surface area contributed by atoms with Gasteiger partial charge in [-0.25, -0.2) is 4.68 Å². The number of guanidine groups is 1. The molecule has 1 unspecified atom stereocenters. The molecule has 3 aromatic rings. The Morgan fingerprint density at radius 2 is 1.91 bits per heavy atom. The summed E-state index contributed by atoms with van der Waals surface area (Å²) in [6, 6.07) is 18.8. The highest BCUT2D eigenvalue weighted by atomic mass is 16.5. The number of hydrogen-bond donors (Lipinski definition) is 2. The van der Waals surface area contributed by atoms with Crippen molar-refractivity contribution in [2.24, 2.45) is 4.99 Å². The number of nitrogens with zero attached hydrogens (tertiary/aromatic N) is 4. The Morgan fingerprint density at radius 3 is 2.66 bits per heavy atom. The van der Waals surface area contributed by atoms with Crippen LogP contribution in [0.3, 0.4) is 0 Å². The van der Waals surface area contributed by atoms with Gasteiger partial charge < -0.3 is 15.4 Å². The van der Waals surface area contributed by atoms with E-state index in [-0.39, 0.29) is 6.04 Å². The van der Waals surface area contributed by atoms with E-state index in [4.69, 9.17) is 4.74 Å². The van der Waals surface area contributed by atoms with E-state index in [2.05, 4.69) is 43.8 Å². The van der Waals surface area contributed by atoms with Gasteiger partial charge in [0, 0.05) is 31.9 Å². The molecular weight excluding hydrogens is 400 g/mol. The Kier molecular flexibility index (Phi) is 7.40. The molecule has 0 aliphatic carbocycles. The first-order valence-electron chi connectivity index (χ1n) is 11.2. The number of nitrogens with one attached hydrogen (secondary N) is 2. The molecule has 1 aliphatic rings. The molecule has 2 aromatic carbocycles. The molecule has 0 amide bonds. The van der Waals surface area contributed by atoms with Gasteiger partial charge >= 0.3 is 0 Å². The van der Waals surface area contributed by atoms with Crippen LogP contribution in [0.1, 0.15) is 30.0 Å². The summed E-state index contributed by atoms with van der Waals surface area (Å²) in [6.45, 7) is 3.67. The fraction of sp³-hybridized carbons (Fsp3) is 0.360. The first-order valence-corrected chi connectivity index (χ1v) is 11.2. The number of aromatic nitrogens is 2. The Balaban J connectivity index is 1.37. The number of ether oxygens (including phenoxy) is 1. The van der Waals surface area contributed by atoms with E-state index >= 15 is 0 Å². The molecule has 1 atom stereocenters. The van der Waals surface area contributed by atoms with Crippen molar-refractivity contribution in [1.29, 1.82) is 0 Å². The van der Waals surface area contributed by atoms with Crippen LogP contribution in [0.15, 0.2) is 72.0 Å². The Hall–Kier alpha value is -3.32. The van der Waals surface area contributed by atoms with Crippen molar-refractivity contribution in [3.05, 3.63) is 78.1 Å². The third kappa shape index (κ3) is 5.48. The van der Waals surface area contributed by atoms with E-state index in [1.807, 2.05) is 53.5 Å². The summed E-state index contributed by atoms with van der Waals surface area (Å²) in [5.41, 5.74) is 3.41. The van der Waals surface area contributed by atoms with E-state index in [1.54, 1.807) is 14.2 Å². The molecule has 7 nitrogen and oxygen atoms in total. The van der Waals surface area contributed by atoms with Crippen molar-refractivity contribution in [2.45, 2.75) is 25.4 Å². The highest BCUT2D eigenvalue weighted by molar-refractivity contribution is 5.79. The van der Waals surface area contributed by atoms with E-state index in [9.17, 15) is 0 Å². The maximum absolute atomic E-state index is 5.45. The van der Waals surface area contributed by atoms with Gasteiger partial charge in [-0.15, -0.1) is 0 Å². The standard InChI is InChI=1S/C25H32N6O/c1-26-25(27-16-20-17-29-31(19-20)22-10-4-3-5-11-22)28-18-24(30-13-6-7-14-30)21-9-8-12-23(15-21)32-2/h3-5,8-12,15,17,19,24H,6-7,13-14,16,18H2,1-2H3,(H2,26,27,28). The molecule has 2 N–H and O–H groups in total. The second-order valence-electron chi connectivity index (χ2n) is 7.97. The van der Waals surface area contributed by atoms with Crippen LogP contribution in [0.5, 0.6) is 5.75 Å². The van der Waals surface area contributed by atoms with Gasteiger partial charge in [-0.05, 0) is 55.8 Å². The lowest BCUT2D eigenvalue weighted by Crippen LogP contribution is -2.42. The number of likely N-dealkylation sites (tertiary alicyclic amines) is 1. The number of rotatable bonds is 8. The molecule has 0 spiro atoms. The summed E-state index contributed by atoms with van der Waals surface area (Å²) in [4.78, 5) is 6.96. The molecule has 168 valence electrons. The van der Waals surface area contributed by atoms with Gasteiger partial charge in [0.05, 0.1) is 25.0 Å². The molecule has 0 bridgehead atoms. The monoisotopic (exact) mass is 432 g/mol. The lowest BCUT2D eigenvalue weighted by atomic mass is 10.1. The van der Waals surface area contributed by atoms with Crippen LogP contribution in [0.4, 0.5) is 0 Å². The summed E-state index contributed by atoms with van der Waals surface area (Å²) in [7, 11) is 3.52. The van der Waals surface area contributed by atoms with E-state index < -0.39 is 0 Å². The smallest absolute Gasteiger partial charge is 0.191 e. The van der Waals surface area contributed by atoms with Gasteiger partial charge in [-0.3, -0.25) is 9.89 Å². The molecule has 1 aliphatic heterocycles. The number of benzene rings is 2. The van der Waals surface area contributed by atoms with E-state index in [0.717, 1.165) is 42.6 Å². The van der Waals surface area contributed by atoms with Crippen LogP contribution in [0, 0.1) is 0 Å². The first kappa shape index (κ1) is 21.9. The average Bonchev–Trinajstić information content (AvgIpc) is 3.55. The summed E-state index contributed by atoms with van der Waals surface area (Å²) < 4.78 is 7.34.